The number of pyridine rings is 1. The highest BCUT2D eigenvalue weighted by atomic mass is 32.2. The van der Waals surface area contributed by atoms with Gasteiger partial charge in [-0.15, -0.1) is 11.8 Å². The number of aromatic nitrogens is 2. The molecule has 2 aromatic heterocycles. The van der Waals surface area contributed by atoms with Gasteiger partial charge in [0.1, 0.15) is 18.0 Å². The van der Waals surface area contributed by atoms with Crippen LogP contribution in [0.3, 0.4) is 0 Å². The first-order valence-electron chi connectivity index (χ1n) is 9.95. The van der Waals surface area contributed by atoms with Crippen LogP contribution in [-0.2, 0) is 6.61 Å². The van der Waals surface area contributed by atoms with Crippen LogP contribution in [0.2, 0.25) is 0 Å². The fraction of sp³-hybridized carbons (Fsp3) is 0.125. The summed E-state index contributed by atoms with van der Waals surface area (Å²) in [5.74, 6) is 0.599. The maximum absolute atomic E-state index is 12.4. The van der Waals surface area contributed by atoms with Crippen LogP contribution in [-0.4, -0.2) is 21.7 Å². The van der Waals surface area contributed by atoms with Gasteiger partial charge in [-0.25, -0.2) is 9.78 Å². The second kappa shape index (κ2) is 9.57. The molecule has 0 fully saturated rings. The Bertz CT molecular complexity index is 1340. The predicted octanol–water partition coefficient (Wildman–Crippen LogP) is 4.95. The van der Waals surface area contributed by atoms with E-state index in [0.29, 0.717) is 28.5 Å². The van der Waals surface area contributed by atoms with Crippen molar-refractivity contribution in [1.82, 2.24) is 9.38 Å². The molecule has 0 bridgehead atoms. The number of hydrogen-bond acceptors (Lipinski definition) is 5. The Morgan fingerprint density at radius 2 is 1.84 bits per heavy atom. The van der Waals surface area contributed by atoms with E-state index in [1.165, 1.54) is 10.5 Å². The predicted molar refractivity (Wildman–Crippen MR) is 128 cm³/mol. The highest BCUT2D eigenvalue weighted by molar-refractivity contribution is 7.98. The van der Waals surface area contributed by atoms with Gasteiger partial charge in [-0.3, -0.25) is 9.20 Å². The van der Waals surface area contributed by atoms with Crippen molar-refractivity contribution in [2.24, 2.45) is 0 Å². The lowest BCUT2D eigenvalue weighted by Gasteiger charge is -2.13. The van der Waals surface area contributed by atoms with Gasteiger partial charge >= 0.3 is 6.03 Å². The van der Waals surface area contributed by atoms with Gasteiger partial charge in [-0.2, -0.15) is 0 Å². The third kappa shape index (κ3) is 5.09. The van der Waals surface area contributed by atoms with E-state index in [1.807, 2.05) is 49.6 Å². The van der Waals surface area contributed by atoms with E-state index in [0.717, 1.165) is 10.5 Å². The van der Waals surface area contributed by atoms with E-state index < -0.39 is 0 Å². The fourth-order valence-electron chi connectivity index (χ4n) is 3.16. The zero-order valence-corrected chi connectivity index (χ0v) is 18.5. The number of nitrogens with zero attached hydrogens (tertiary/aromatic N) is 2. The number of benzene rings is 2. The number of ether oxygens (including phenoxy) is 1. The topological polar surface area (TPSA) is 84.7 Å². The van der Waals surface area contributed by atoms with Crippen LogP contribution in [0.1, 0.15) is 11.3 Å². The number of carbonyl (C=O) groups is 1. The third-order valence-corrected chi connectivity index (χ3v) is 5.50. The van der Waals surface area contributed by atoms with Crippen LogP contribution in [0.25, 0.3) is 5.65 Å². The molecule has 2 heterocycles. The molecule has 4 rings (SSSR count). The molecule has 0 atom stereocenters. The van der Waals surface area contributed by atoms with Crippen LogP contribution >= 0.6 is 11.8 Å². The summed E-state index contributed by atoms with van der Waals surface area (Å²) < 4.78 is 7.39. The van der Waals surface area contributed by atoms with Gasteiger partial charge in [-0.05, 0) is 55.1 Å². The Morgan fingerprint density at radius 1 is 1.03 bits per heavy atom. The average molecular weight is 447 g/mol. The van der Waals surface area contributed by atoms with Gasteiger partial charge in [-0.1, -0.05) is 18.2 Å². The van der Waals surface area contributed by atoms with Crippen molar-refractivity contribution < 1.29 is 9.53 Å². The van der Waals surface area contributed by atoms with Gasteiger partial charge < -0.3 is 15.4 Å². The van der Waals surface area contributed by atoms with Gasteiger partial charge in [0.2, 0.25) is 0 Å². The lowest BCUT2D eigenvalue weighted by atomic mass is 10.2. The minimum absolute atomic E-state index is 0.138. The van der Waals surface area contributed by atoms with Gasteiger partial charge in [0.25, 0.3) is 5.56 Å². The zero-order valence-electron chi connectivity index (χ0n) is 17.7. The molecule has 2 amide bonds. The minimum atomic E-state index is -0.345. The number of urea groups is 1. The van der Waals surface area contributed by atoms with E-state index in [2.05, 4.69) is 15.6 Å². The zero-order chi connectivity index (χ0) is 22.5. The Labute approximate surface area is 189 Å². The lowest BCUT2D eigenvalue weighted by molar-refractivity contribution is 0.262. The highest BCUT2D eigenvalue weighted by Gasteiger charge is 2.08. The number of hydrogen-bond donors (Lipinski definition) is 2. The number of rotatable bonds is 6. The van der Waals surface area contributed by atoms with Crippen molar-refractivity contribution in [3.05, 3.63) is 94.5 Å². The van der Waals surface area contributed by atoms with Gasteiger partial charge in [0, 0.05) is 34.6 Å². The first-order valence-corrected chi connectivity index (χ1v) is 11.2. The molecule has 0 unspecified atom stereocenters. The van der Waals surface area contributed by atoms with E-state index in [1.54, 1.807) is 42.2 Å². The first-order chi connectivity index (χ1) is 15.5. The van der Waals surface area contributed by atoms with Crippen molar-refractivity contribution in [2.45, 2.75) is 18.4 Å². The number of amides is 2. The second-order valence-electron chi connectivity index (χ2n) is 7.09. The van der Waals surface area contributed by atoms with Crippen molar-refractivity contribution in [3.8, 4) is 5.75 Å². The van der Waals surface area contributed by atoms with Crippen LogP contribution < -0.4 is 20.9 Å². The lowest BCUT2D eigenvalue weighted by Crippen LogP contribution is -2.19. The molecular weight excluding hydrogens is 424 g/mol. The Morgan fingerprint density at radius 3 is 2.66 bits per heavy atom. The van der Waals surface area contributed by atoms with Crippen LogP contribution in [0, 0.1) is 6.92 Å². The SMILES string of the molecule is CSc1cccc(NC(=O)Nc2ccc(C)c(OCc3cc(=O)n4ccccc4n3)c2)c1. The van der Waals surface area contributed by atoms with E-state index in [4.69, 9.17) is 4.74 Å². The molecular formula is C24H22N4O3S. The summed E-state index contributed by atoms with van der Waals surface area (Å²) in [6.07, 6.45) is 3.66. The summed E-state index contributed by atoms with van der Waals surface area (Å²) in [5.41, 5.74) is 3.14. The molecule has 162 valence electrons. The normalized spacial score (nSPS) is 10.7. The molecule has 0 spiro atoms. The number of aryl methyl sites for hydroxylation is 1. The molecule has 0 saturated heterocycles. The van der Waals surface area contributed by atoms with Crippen molar-refractivity contribution in [1.29, 1.82) is 0 Å². The standard InChI is InChI=1S/C24H22N4O3S/c1-16-9-10-18(27-24(30)26-17-6-5-7-20(12-17)32-2)13-21(16)31-15-19-14-23(29)28-11-4-3-8-22(28)25-19/h3-14H,15H2,1-2H3,(H2,26,27,30). The Kier molecular flexibility index (Phi) is 6.42. The number of fused-ring (bicyclic) bond motifs is 1. The average Bonchev–Trinajstić information content (AvgIpc) is 2.79. The summed E-state index contributed by atoms with van der Waals surface area (Å²) in [6, 6.07) is 19.5. The summed E-state index contributed by atoms with van der Waals surface area (Å²) in [7, 11) is 0. The first kappa shape index (κ1) is 21.5. The van der Waals surface area contributed by atoms with Crippen LogP contribution in [0.15, 0.2) is 82.6 Å². The maximum atomic E-state index is 12.4. The largest absolute Gasteiger partial charge is 0.487 e. The van der Waals surface area contributed by atoms with Crippen molar-refractivity contribution in [2.75, 3.05) is 16.9 Å². The second-order valence-corrected chi connectivity index (χ2v) is 7.97. The van der Waals surface area contributed by atoms with E-state index in [9.17, 15) is 9.59 Å². The van der Waals surface area contributed by atoms with Gasteiger partial charge in [0.05, 0.1) is 5.69 Å². The van der Waals surface area contributed by atoms with Crippen molar-refractivity contribution >= 4 is 34.8 Å². The number of carbonyl (C=O) groups excluding carboxylic acids is 1. The van der Waals surface area contributed by atoms with Crippen LogP contribution in [0.5, 0.6) is 5.75 Å². The number of thioether (sulfide) groups is 1. The maximum Gasteiger partial charge on any atom is 0.323 e. The molecule has 0 radical (unpaired) electrons. The molecule has 2 N–H and O–H groups in total. The smallest absolute Gasteiger partial charge is 0.323 e. The molecule has 32 heavy (non-hydrogen) atoms. The minimum Gasteiger partial charge on any atom is -0.487 e. The summed E-state index contributed by atoms with van der Waals surface area (Å²) in [6.45, 7) is 2.05. The van der Waals surface area contributed by atoms with Crippen LogP contribution in [0.4, 0.5) is 16.2 Å². The molecule has 7 nitrogen and oxygen atoms in total. The fourth-order valence-corrected chi connectivity index (χ4v) is 3.62. The third-order valence-electron chi connectivity index (χ3n) is 4.77. The molecule has 0 aliphatic heterocycles. The molecule has 4 aromatic rings. The number of nitrogens with one attached hydrogen (secondary N) is 2. The monoisotopic (exact) mass is 446 g/mol. The number of anilines is 2. The summed E-state index contributed by atoms with van der Waals surface area (Å²) in [5, 5.41) is 5.65. The van der Waals surface area contributed by atoms with Gasteiger partial charge in [0.15, 0.2) is 0 Å². The van der Waals surface area contributed by atoms with Crippen molar-refractivity contribution in [3.63, 3.8) is 0 Å². The van der Waals surface area contributed by atoms with E-state index in [-0.39, 0.29) is 18.2 Å². The quantitative estimate of drug-likeness (QED) is 0.410. The molecule has 0 saturated carbocycles. The highest BCUT2D eigenvalue weighted by Crippen LogP contribution is 2.24. The Hall–Kier alpha value is -3.78. The molecule has 0 aliphatic carbocycles. The summed E-state index contributed by atoms with van der Waals surface area (Å²) >= 11 is 1.61. The summed E-state index contributed by atoms with van der Waals surface area (Å²) in [4.78, 5) is 30.2. The van der Waals surface area contributed by atoms with E-state index >= 15 is 0 Å². The Balaban J connectivity index is 1.44. The molecule has 2 aromatic carbocycles. The molecule has 0 aliphatic rings. The molecule has 8 heteroatoms.